The molecule has 0 heterocycles. The first-order valence-electron chi connectivity index (χ1n) is 0. The summed E-state index contributed by atoms with van der Waals surface area (Å²) in [5.41, 5.74) is 0. The van der Waals surface area contributed by atoms with Gasteiger partial charge in [0.05, 0.1) is 0 Å². The molecule has 0 aliphatic carbocycles. The van der Waals surface area contributed by atoms with Crippen molar-refractivity contribution in [2.45, 2.75) is 0 Å². The minimum atomic E-state index is 0. The molecule has 0 atom stereocenters. The summed E-state index contributed by atoms with van der Waals surface area (Å²) in [5.74, 6) is 0. The van der Waals surface area contributed by atoms with Gasteiger partial charge in [-0.15, -0.1) is 0 Å². The van der Waals surface area contributed by atoms with Gasteiger partial charge in [-0.05, 0) is 0 Å². The van der Waals surface area contributed by atoms with Crippen molar-refractivity contribution in [1.29, 1.82) is 0 Å². The number of hydrogen-bond acceptors (Lipinski definition) is 0. The van der Waals surface area contributed by atoms with E-state index in [4.69, 9.17) is 0 Å². The molecule has 0 rings (SSSR count). The molecule has 0 aromatic rings. The molecule has 0 aromatic carbocycles. The molecule has 0 N–H and O–H groups in total. The number of rotatable bonds is 0. The van der Waals surface area contributed by atoms with Crippen LogP contribution >= 0.6 is 13.5 Å². The molecular weight excluding hydrogens is 401 g/mol. The fraction of sp³-hybridized carbons (Fsp3) is 0. The van der Waals surface area contributed by atoms with Gasteiger partial charge in [0.1, 0.15) is 0 Å². The Labute approximate surface area is 76.8 Å². The van der Waals surface area contributed by atoms with Crippen LogP contribution in [0.2, 0.25) is 0 Å². The molecule has 0 aromatic heterocycles. The second-order valence-corrected chi connectivity index (χ2v) is 0. The largest absolute Gasteiger partial charge is 0 e. The molecule has 4 heavy (non-hydrogen) atoms. The van der Waals surface area contributed by atoms with Crippen molar-refractivity contribution in [2.24, 2.45) is 0 Å². The summed E-state index contributed by atoms with van der Waals surface area (Å²) < 4.78 is 0. The summed E-state index contributed by atoms with van der Waals surface area (Å²) in [6.45, 7) is 0. The van der Waals surface area contributed by atoms with E-state index in [1.54, 1.807) is 0 Å². The fourth-order valence-electron chi connectivity index (χ4n) is 0. The molecule has 0 bridgehead atoms. The molecule has 0 unspecified atom stereocenters. The van der Waals surface area contributed by atoms with Crippen molar-refractivity contribution in [3.8, 4) is 0 Å². The van der Waals surface area contributed by atoms with E-state index in [2.05, 4.69) is 0 Å². The smallest absolute Gasteiger partial charge is 0 e. The first-order chi connectivity index (χ1) is 0. The Kier molecular flexibility index (Phi) is 144. The Balaban J connectivity index is 0. The number of hydrogen-bond donors (Lipinski definition) is 0. The Morgan fingerprint density at radius 2 is 1.00 bits per heavy atom. The van der Waals surface area contributed by atoms with Crippen LogP contribution < -0.4 is 0 Å². The van der Waals surface area contributed by atoms with Crippen LogP contribution in [0.4, 0.5) is 0 Å². The first kappa shape index (κ1) is 32.0. The molecule has 0 amide bonds. The molecule has 0 aliphatic heterocycles. The zero-order valence-electron chi connectivity index (χ0n) is 1.92. The van der Waals surface area contributed by atoms with Crippen LogP contribution in [-0.4, -0.2) is 26.2 Å². The van der Waals surface area contributed by atoms with Gasteiger partial charge in [-0.3, -0.25) is 0 Å². The SMILES string of the molecule is S.[BiH3].[Cu].[Mo]. The predicted molar refractivity (Wildman–Crippen MR) is 20.3 cm³/mol. The standard InChI is InChI=1S/Bi.Cu.Mo.H2S.3H/h;;;1H2;;;. The van der Waals surface area contributed by atoms with Crippen molar-refractivity contribution in [3.05, 3.63) is 0 Å². The van der Waals surface area contributed by atoms with Crippen LogP contribution in [0.3, 0.4) is 0 Å². The first-order valence-corrected chi connectivity index (χ1v) is 0. The van der Waals surface area contributed by atoms with E-state index in [9.17, 15) is 0 Å². The third-order valence-corrected chi connectivity index (χ3v) is 0. The monoisotopic (exact) mass is 407 g/mol. The van der Waals surface area contributed by atoms with Crippen molar-refractivity contribution in [2.75, 3.05) is 0 Å². The molecule has 33 valence electrons. The maximum absolute atomic E-state index is 0. The van der Waals surface area contributed by atoms with Gasteiger partial charge < -0.3 is 0 Å². The topological polar surface area (TPSA) is 0 Å². The average molecular weight is 406 g/mol. The van der Waals surface area contributed by atoms with E-state index in [-0.39, 0.29) is 77.8 Å². The second kappa shape index (κ2) is 18.0. The fourth-order valence-corrected chi connectivity index (χ4v) is 0. The van der Waals surface area contributed by atoms with Crippen LogP contribution in [0.25, 0.3) is 0 Å². The van der Waals surface area contributed by atoms with Gasteiger partial charge in [0, 0.05) is 38.1 Å². The van der Waals surface area contributed by atoms with E-state index in [1.165, 1.54) is 0 Å². The predicted octanol–water partition coefficient (Wildman–Crippen LogP) is -1.08. The summed E-state index contributed by atoms with van der Waals surface area (Å²) in [4.78, 5) is 0. The molecule has 4 heteroatoms. The Hall–Kier alpha value is 2.44. The molecule has 0 nitrogen and oxygen atoms in total. The van der Waals surface area contributed by atoms with Crippen LogP contribution in [0.5, 0.6) is 0 Å². The summed E-state index contributed by atoms with van der Waals surface area (Å²) in [6, 6.07) is 0. The van der Waals surface area contributed by atoms with E-state index in [0.717, 1.165) is 0 Å². The Bertz CT molecular complexity index is 8.00. The van der Waals surface area contributed by atoms with Crippen LogP contribution in [0, 0.1) is 0 Å². The van der Waals surface area contributed by atoms with E-state index in [0.29, 0.717) is 0 Å². The van der Waals surface area contributed by atoms with Crippen LogP contribution in [0.15, 0.2) is 0 Å². The van der Waals surface area contributed by atoms with Gasteiger partial charge in [-0.2, -0.15) is 13.5 Å². The zero-order chi connectivity index (χ0) is 0. The van der Waals surface area contributed by atoms with Gasteiger partial charge in [-0.25, -0.2) is 0 Å². The van der Waals surface area contributed by atoms with Gasteiger partial charge >= 0.3 is 26.2 Å². The zero-order valence-corrected chi connectivity index (χ0v) is 11.4. The van der Waals surface area contributed by atoms with Crippen LogP contribution in [-0.2, 0) is 38.1 Å². The summed E-state index contributed by atoms with van der Waals surface area (Å²) >= 11 is 0. The third kappa shape index (κ3) is 8.83. The van der Waals surface area contributed by atoms with Crippen LogP contribution in [0.1, 0.15) is 0 Å². The molecule has 0 saturated carbocycles. The average Bonchev–Trinajstić information content (AvgIpc) is 0. The quantitative estimate of drug-likeness (QED) is 0.450. The Morgan fingerprint density at radius 3 is 1.00 bits per heavy atom. The summed E-state index contributed by atoms with van der Waals surface area (Å²) in [5, 5.41) is 0. The maximum atomic E-state index is 0. The van der Waals surface area contributed by atoms with E-state index >= 15 is 0 Å². The van der Waals surface area contributed by atoms with E-state index < -0.39 is 0 Å². The third-order valence-electron chi connectivity index (χ3n) is 0. The van der Waals surface area contributed by atoms with Gasteiger partial charge in [0.15, 0.2) is 0 Å². The molecule has 1 radical (unpaired) electrons. The molecule has 0 fully saturated rings. The van der Waals surface area contributed by atoms with Crippen molar-refractivity contribution in [1.82, 2.24) is 0 Å². The minimum absolute atomic E-state index is 0. The maximum Gasteiger partial charge on any atom is 0 e. The molecule has 0 spiro atoms. The minimum Gasteiger partial charge on any atom is 0 e. The normalized spacial score (nSPS) is 0. The molecular formula is H5BiCuMoS. The Morgan fingerprint density at radius 1 is 1.00 bits per heavy atom. The van der Waals surface area contributed by atoms with Gasteiger partial charge in [0.25, 0.3) is 0 Å². The van der Waals surface area contributed by atoms with Gasteiger partial charge in [0.2, 0.25) is 0 Å². The summed E-state index contributed by atoms with van der Waals surface area (Å²) in [6.07, 6.45) is 0. The van der Waals surface area contributed by atoms with Crippen molar-refractivity contribution in [3.63, 3.8) is 0 Å². The molecule has 0 aliphatic rings. The molecule has 0 saturated heterocycles. The van der Waals surface area contributed by atoms with E-state index in [1.807, 2.05) is 0 Å². The van der Waals surface area contributed by atoms with Crippen molar-refractivity contribution >= 4 is 39.7 Å². The second-order valence-electron chi connectivity index (χ2n) is 0. The summed E-state index contributed by atoms with van der Waals surface area (Å²) in [7, 11) is 0. The van der Waals surface area contributed by atoms with Crippen molar-refractivity contribution < 1.29 is 38.1 Å². The van der Waals surface area contributed by atoms with Gasteiger partial charge in [-0.1, -0.05) is 0 Å².